The van der Waals surface area contributed by atoms with Gasteiger partial charge in [-0.3, -0.25) is 4.79 Å². The summed E-state index contributed by atoms with van der Waals surface area (Å²) in [5.41, 5.74) is 1.73. The highest BCUT2D eigenvalue weighted by molar-refractivity contribution is 5.79. The highest BCUT2D eigenvalue weighted by Crippen LogP contribution is 2.28. The van der Waals surface area contributed by atoms with Crippen molar-refractivity contribution in [3.05, 3.63) is 59.7 Å². The Bertz CT molecular complexity index is 1140. The second kappa shape index (κ2) is 14.2. The Labute approximate surface area is 242 Å². The average molecular weight is 595 g/mol. The number of phenols is 2. The zero-order valence-corrected chi connectivity index (χ0v) is 22.8. The van der Waals surface area contributed by atoms with Gasteiger partial charge in [0.15, 0.2) is 18.7 Å². The molecular formula is C29H38O13. The first-order valence-corrected chi connectivity index (χ1v) is 13.7. The molecule has 2 aromatic carbocycles. The molecule has 8 N–H and O–H groups in total. The van der Waals surface area contributed by atoms with Crippen molar-refractivity contribution in [1.29, 1.82) is 0 Å². The van der Waals surface area contributed by atoms with E-state index in [1.165, 1.54) is 24.3 Å². The Morgan fingerprint density at radius 1 is 0.857 bits per heavy atom. The number of benzene rings is 2. The van der Waals surface area contributed by atoms with Crippen LogP contribution >= 0.6 is 0 Å². The van der Waals surface area contributed by atoms with Gasteiger partial charge in [-0.25, -0.2) is 0 Å². The van der Waals surface area contributed by atoms with Gasteiger partial charge in [-0.1, -0.05) is 24.3 Å². The normalized spacial score (nSPS) is 29.8. The topological polar surface area (TPSA) is 216 Å². The zero-order valence-electron chi connectivity index (χ0n) is 22.8. The Kier molecular flexibility index (Phi) is 10.9. The molecule has 42 heavy (non-hydrogen) atoms. The van der Waals surface area contributed by atoms with E-state index in [1.807, 2.05) is 0 Å². The van der Waals surface area contributed by atoms with Gasteiger partial charge in [0.1, 0.15) is 48.3 Å². The number of hydrogen-bond donors (Lipinski definition) is 8. The number of ether oxygens (including phenoxy) is 4. The van der Waals surface area contributed by atoms with Crippen molar-refractivity contribution in [3.63, 3.8) is 0 Å². The number of rotatable bonds is 13. The summed E-state index contributed by atoms with van der Waals surface area (Å²) in [5.74, 6) is -2.42. The van der Waals surface area contributed by atoms with E-state index >= 15 is 0 Å². The van der Waals surface area contributed by atoms with Crippen molar-refractivity contribution in [1.82, 2.24) is 0 Å². The maximum absolute atomic E-state index is 12.9. The summed E-state index contributed by atoms with van der Waals surface area (Å²) < 4.78 is 22.1. The third-order valence-electron chi connectivity index (χ3n) is 7.39. The number of hydrogen-bond acceptors (Lipinski definition) is 13. The van der Waals surface area contributed by atoms with Crippen molar-refractivity contribution < 1.29 is 64.6 Å². The zero-order chi connectivity index (χ0) is 30.4. The van der Waals surface area contributed by atoms with Gasteiger partial charge in [-0.05, 0) is 54.7 Å². The number of carbonyl (C=O) groups excluding carboxylic acids is 1. The molecule has 13 heteroatoms. The molecule has 0 aliphatic carbocycles. The third-order valence-corrected chi connectivity index (χ3v) is 7.39. The molecule has 2 aliphatic heterocycles. The molecule has 2 aromatic rings. The summed E-state index contributed by atoms with van der Waals surface area (Å²) in [6.45, 7) is -1.07. The second-order valence-electron chi connectivity index (χ2n) is 10.7. The van der Waals surface area contributed by atoms with Gasteiger partial charge in [0.25, 0.3) is 0 Å². The Hall–Kier alpha value is -2.69. The maximum Gasteiger partial charge on any atom is 0.219 e. The Morgan fingerprint density at radius 3 is 2.02 bits per heavy atom. The predicted molar refractivity (Wildman–Crippen MR) is 143 cm³/mol. The van der Waals surface area contributed by atoms with Crippen LogP contribution in [0.3, 0.4) is 0 Å². The van der Waals surface area contributed by atoms with Crippen molar-refractivity contribution in [3.8, 4) is 11.5 Å². The largest absolute Gasteiger partial charge is 0.508 e. The molecule has 0 aromatic heterocycles. The summed E-state index contributed by atoms with van der Waals surface area (Å²) in [6, 6.07) is 13.0. The molecule has 0 radical (unpaired) electrons. The van der Waals surface area contributed by atoms with Crippen LogP contribution in [0, 0.1) is 0 Å². The molecule has 0 saturated carbocycles. The van der Waals surface area contributed by atoms with Crippen LogP contribution in [0.25, 0.3) is 0 Å². The lowest BCUT2D eigenvalue weighted by Crippen LogP contribution is -2.60. The predicted octanol–water partition coefficient (Wildman–Crippen LogP) is -0.770. The third kappa shape index (κ3) is 8.45. The molecule has 8 atom stereocenters. The van der Waals surface area contributed by atoms with E-state index < -0.39 is 68.2 Å². The number of Topliss-reactive ketones (excluding diaryl/α,β-unsaturated/α-hetero) is 1. The molecule has 2 heterocycles. The fourth-order valence-corrected chi connectivity index (χ4v) is 4.80. The van der Waals surface area contributed by atoms with Crippen LogP contribution in [0.15, 0.2) is 48.5 Å². The van der Waals surface area contributed by atoms with E-state index in [1.54, 1.807) is 24.3 Å². The molecule has 0 bridgehead atoms. The lowest BCUT2D eigenvalue weighted by atomic mass is 9.98. The highest BCUT2D eigenvalue weighted by atomic mass is 16.7. The number of carbonyl (C=O) groups is 1. The standard InChI is InChI=1S/C29H38O13/c30-18-7-1-16(2-8-18)5-11-20(32)13-21(12-6-17-3-9-19(31)10-4-17)41-27-25(35)24(34)23(33)22(42-27)14-39-28-26(36)29(37,38)15-40-28/h1-4,7-10,21-28,30-31,33-38H,5-6,11-15H2. The van der Waals surface area contributed by atoms with E-state index in [4.69, 9.17) is 18.9 Å². The molecule has 4 rings (SSSR count). The van der Waals surface area contributed by atoms with Gasteiger partial charge < -0.3 is 59.8 Å². The van der Waals surface area contributed by atoms with Crippen LogP contribution in [-0.2, 0) is 36.6 Å². The Morgan fingerprint density at radius 2 is 1.45 bits per heavy atom. The highest BCUT2D eigenvalue weighted by Gasteiger charge is 2.49. The quantitative estimate of drug-likeness (QED) is 0.134. The molecule has 13 nitrogen and oxygen atoms in total. The van der Waals surface area contributed by atoms with E-state index in [9.17, 15) is 45.6 Å². The second-order valence-corrected chi connectivity index (χ2v) is 10.7. The van der Waals surface area contributed by atoms with Crippen LogP contribution in [0.4, 0.5) is 0 Å². The van der Waals surface area contributed by atoms with E-state index in [0.29, 0.717) is 19.3 Å². The summed E-state index contributed by atoms with van der Waals surface area (Å²) in [5, 5.41) is 79.8. The number of aromatic hydroxyl groups is 2. The average Bonchev–Trinajstić information content (AvgIpc) is 3.22. The Balaban J connectivity index is 1.40. The van der Waals surface area contributed by atoms with Gasteiger partial charge in [0.2, 0.25) is 5.79 Å². The molecule has 0 spiro atoms. The van der Waals surface area contributed by atoms with E-state index in [-0.39, 0.29) is 30.1 Å². The van der Waals surface area contributed by atoms with Gasteiger partial charge in [-0.15, -0.1) is 0 Å². The first-order chi connectivity index (χ1) is 19.9. The molecule has 8 unspecified atom stereocenters. The van der Waals surface area contributed by atoms with E-state index in [0.717, 1.165) is 11.1 Å². The number of aliphatic hydroxyl groups excluding tert-OH is 4. The smallest absolute Gasteiger partial charge is 0.219 e. The van der Waals surface area contributed by atoms with Crippen molar-refractivity contribution in [2.24, 2.45) is 0 Å². The number of ketones is 1. The van der Waals surface area contributed by atoms with Gasteiger partial charge in [-0.2, -0.15) is 0 Å². The monoisotopic (exact) mass is 594 g/mol. The first kappa shape index (κ1) is 32.2. The molecule has 2 saturated heterocycles. The van der Waals surface area contributed by atoms with Crippen molar-refractivity contribution in [2.45, 2.75) is 87.1 Å². The summed E-state index contributed by atoms with van der Waals surface area (Å²) >= 11 is 0. The van der Waals surface area contributed by atoms with E-state index in [2.05, 4.69) is 0 Å². The molecular weight excluding hydrogens is 556 g/mol. The minimum absolute atomic E-state index is 0.0419. The van der Waals surface area contributed by atoms with Crippen molar-refractivity contribution >= 4 is 5.78 Å². The number of phenolic OH excluding ortho intramolecular Hbond substituents is 2. The SMILES string of the molecule is O=C(CCc1ccc(O)cc1)CC(CCc1ccc(O)cc1)OC1OC(COC2OCC(O)(O)C2O)C(O)C(O)C1O. The fourth-order valence-electron chi connectivity index (χ4n) is 4.80. The maximum atomic E-state index is 12.9. The minimum Gasteiger partial charge on any atom is -0.508 e. The van der Waals surface area contributed by atoms with Crippen LogP contribution in [-0.4, -0.2) is 115 Å². The molecule has 2 fully saturated rings. The minimum atomic E-state index is -2.52. The van der Waals surface area contributed by atoms with Crippen LogP contribution in [0.5, 0.6) is 11.5 Å². The van der Waals surface area contributed by atoms with Gasteiger partial charge >= 0.3 is 0 Å². The fraction of sp³-hybridized carbons (Fsp3) is 0.552. The van der Waals surface area contributed by atoms with Gasteiger partial charge in [0.05, 0.1) is 12.7 Å². The van der Waals surface area contributed by atoms with Crippen LogP contribution < -0.4 is 0 Å². The lowest BCUT2D eigenvalue weighted by Gasteiger charge is -2.41. The van der Waals surface area contributed by atoms with Crippen molar-refractivity contribution in [2.75, 3.05) is 13.2 Å². The molecule has 2 aliphatic rings. The first-order valence-electron chi connectivity index (χ1n) is 13.7. The number of aryl methyl sites for hydroxylation is 2. The van der Waals surface area contributed by atoms with Gasteiger partial charge in [0, 0.05) is 12.8 Å². The summed E-state index contributed by atoms with van der Waals surface area (Å²) in [4.78, 5) is 12.9. The summed E-state index contributed by atoms with van der Waals surface area (Å²) in [7, 11) is 0. The molecule has 232 valence electrons. The number of aliphatic hydroxyl groups is 6. The summed E-state index contributed by atoms with van der Waals surface area (Å²) in [6.07, 6.45) is -10.4. The van der Waals surface area contributed by atoms with Crippen LogP contribution in [0.2, 0.25) is 0 Å². The molecule has 0 amide bonds. The lowest BCUT2D eigenvalue weighted by molar-refractivity contribution is -0.319. The van der Waals surface area contributed by atoms with Crippen LogP contribution in [0.1, 0.15) is 30.4 Å².